The van der Waals surface area contributed by atoms with Crippen molar-refractivity contribution in [1.82, 2.24) is 9.55 Å². The van der Waals surface area contributed by atoms with Crippen LogP contribution in [0.5, 0.6) is 0 Å². The molecule has 1 aromatic heterocycles. The number of hydrogen-bond acceptors (Lipinski definition) is 2. The molecule has 0 atom stereocenters. The molecule has 0 amide bonds. The molecule has 0 fully saturated rings. The summed E-state index contributed by atoms with van der Waals surface area (Å²) in [5, 5.41) is 0.510. The number of para-hydroxylation sites is 1. The second kappa shape index (κ2) is 4.80. The summed E-state index contributed by atoms with van der Waals surface area (Å²) in [4.78, 5) is 4.41. The molecule has 0 radical (unpaired) electrons. The minimum Gasteiger partial charge on any atom is -0.399 e. The van der Waals surface area contributed by atoms with Gasteiger partial charge >= 0.3 is 0 Å². The third-order valence-corrected chi connectivity index (χ3v) is 3.59. The summed E-state index contributed by atoms with van der Waals surface area (Å²) in [5.41, 5.74) is 8.16. The smallest absolute Gasteiger partial charge is 0.151 e. The topological polar surface area (TPSA) is 43.8 Å². The molecule has 3 rings (SSSR count). The van der Waals surface area contributed by atoms with Crippen LogP contribution in [0.1, 0.15) is 6.92 Å². The lowest BCUT2D eigenvalue weighted by Crippen LogP contribution is -1.98. The number of benzene rings is 2. The molecule has 0 bridgehead atoms. The summed E-state index contributed by atoms with van der Waals surface area (Å²) in [5.74, 6) is 0.320. The molecule has 0 aliphatic carbocycles. The van der Waals surface area contributed by atoms with Gasteiger partial charge in [-0.15, -0.1) is 0 Å². The molecule has 102 valence electrons. The Hall–Kier alpha value is -2.07. The van der Waals surface area contributed by atoms with E-state index in [0.717, 1.165) is 11.1 Å². The minimum atomic E-state index is -0.331. The Morgan fingerprint density at radius 1 is 1.30 bits per heavy atom. The fourth-order valence-corrected chi connectivity index (χ4v) is 2.62. The second-order valence-electron chi connectivity index (χ2n) is 4.53. The fourth-order valence-electron chi connectivity index (χ4n) is 2.35. The van der Waals surface area contributed by atoms with Crippen molar-refractivity contribution < 1.29 is 4.39 Å². The van der Waals surface area contributed by atoms with Crippen molar-refractivity contribution in [2.75, 3.05) is 5.73 Å². The molecule has 5 heteroatoms. The van der Waals surface area contributed by atoms with Gasteiger partial charge in [0.1, 0.15) is 11.3 Å². The molecule has 0 aliphatic rings. The maximum absolute atomic E-state index is 13.9. The molecule has 0 saturated heterocycles. The lowest BCUT2D eigenvalue weighted by atomic mass is 10.2. The zero-order chi connectivity index (χ0) is 14.3. The predicted molar refractivity (Wildman–Crippen MR) is 80.2 cm³/mol. The molecule has 3 nitrogen and oxygen atoms in total. The average molecular weight is 290 g/mol. The van der Waals surface area contributed by atoms with Gasteiger partial charge in [-0.3, -0.25) is 0 Å². The van der Waals surface area contributed by atoms with Crippen molar-refractivity contribution in [2.24, 2.45) is 0 Å². The lowest BCUT2D eigenvalue weighted by molar-refractivity contribution is 0.637. The van der Waals surface area contributed by atoms with Gasteiger partial charge in [0.25, 0.3) is 0 Å². The van der Waals surface area contributed by atoms with Crippen LogP contribution in [0.4, 0.5) is 10.1 Å². The normalized spacial score (nSPS) is 11.2. The monoisotopic (exact) mass is 289 g/mol. The van der Waals surface area contributed by atoms with E-state index in [2.05, 4.69) is 4.98 Å². The number of fused-ring (bicyclic) bond motifs is 1. The zero-order valence-corrected chi connectivity index (χ0v) is 11.7. The van der Waals surface area contributed by atoms with Gasteiger partial charge < -0.3 is 10.3 Å². The van der Waals surface area contributed by atoms with Crippen LogP contribution in [0.2, 0.25) is 5.02 Å². The molecular weight excluding hydrogens is 277 g/mol. The van der Waals surface area contributed by atoms with E-state index in [1.807, 2.05) is 23.6 Å². The summed E-state index contributed by atoms with van der Waals surface area (Å²) < 4.78 is 15.8. The SMILES string of the molecule is CCn1c(-c2ccc(N)cc2Cl)nc2c(F)cccc21. The van der Waals surface area contributed by atoms with Crippen LogP contribution in [0, 0.1) is 5.82 Å². The molecule has 2 N–H and O–H groups in total. The highest BCUT2D eigenvalue weighted by Crippen LogP contribution is 2.32. The van der Waals surface area contributed by atoms with E-state index in [4.69, 9.17) is 17.3 Å². The Morgan fingerprint density at radius 3 is 2.80 bits per heavy atom. The molecule has 0 saturated carbocycles. The standard InChI is InChI=1S/C15H13ClFN3/c1-2-20-13-5-3-4-12(17)14(13)19-15(20)10-7-6-9(18)8-11(10)16/h3-8H,2,18H2,1H3. The van der Waals surface area contributed by atoms with E-state index in [-0.39, 0.29) is 5.82 Å². The van der Waals surface area contributed by atoms with Crippen molar-refractivity contribution in [2.45, 2.75) is 13.5 Å². The van der Waals surface area contributed by atoms with Crippen LogP contribution in [0.15, 0.2) is 36.4 Å². The second-order valence-corrected chi connectivity index (χ2v) is 4.93. The highest BCUT2D eigenvalue weighted by Gasteiger charge is 2.16. The summed E-state index contributed by atoms with van der Waals surface area (Å²) in [6.07, 6.45) is 0. The average Bonchev–Trinajstić information content (AvgIpc) is 2.78. The number of nitrogen functional groups attached to an aromatic ring is 1. The van der Waals surface area contributed by atoms with Crippen LogP contribution in [-0.4, -0.2) is 9.55 Å². The highest BCUT2D eigenvalue weighted by atomic mass is 35.5. The summed E-state index contributed by atoms with van der Waals surface area (Å²) in [6.45, 7) is 2.66. The number of rotatable bonds is 2. The van der Waals surface area contributed by atoms with E-state index >= 15 is 0 Å². The Bertz CT molecular complexity index is 795. The van der Waals surface area contributed by atoms with Crippen LogP contribution in [-0.2, 0) is 6.54 Å². The summed E-state index contributed by atoms with van der Waals surface area (Å²) in [7, 11) is 0. The molecule has 3 aromatic rings. The third kappa shape index (κ3) is 1.93. The summed E-state index contributed by atoms with van der Waals surface area (Å²) in [6, 6.07) is 10.2. The number of anilines is 1. The third-order valence-electron chi connectivity index (χ3n) is 3.28. The Kier molecular flexibility index (Phi) is 3.10. The Balaban J connectivity index is 2.33. The maximum atomic E-state index is 13.9. The first-order valence-electron chi connectivity index (χ1n) is 6.32. The van der Waals surface area contributed by atoms with Gasteiger partial charge in [0, 0.05) is 17.8 Å². The molecule has 20 heavy (non-hydrogen) atoms. The first-order chi connectivity index (χ1) is 9.61. The first kappa shape index (κ1) is 12.9. The molecule has 0 unspecified atom stereocenters. The van der Waals surface area contributed by atoms with E-state index in [0.29, 0.717) is 28.6 Å². The largest absolute Gasteiger partial charge is 0.399 e. The quantitative estimate of drug-likeness (QED) is 0.722. The number of nitrogens with two attached hydrogens (primary N) is 1. The summed E-state index contributed by atoms with van der Waals surface area (Å²) >= 11 is 6.23. The minimum absolute atomic E-state index is 0.331. The van der Waals surface area contributed by atoms with Crippen LogP contribution >= 0.6 is 11.6 Å². The van der Waals surface area contributed by atoms with Gasteiger partial charge in [0.05, 0.1) is 10.5 Å². The molecule has 0 spiro atoms. The van der Waals surface area contributed by atoms with Crippen molar-refractivity contribution in [3.8, 4) is 11.4 Å². The van der Waals surface area contributed by atoms with Crippen molar-refractivity contribution in [3.63, 3.8) is 0 Å². The molecule has 0 aliphatic heterocycles. The number of nitrogens with zero attached hydrogens (tertiary/aromatic N) is 2. The Morgan fingerprint density at radius 2 is 2.10 bits per heavy atom. The molecule has 2 aromatic carbocycles. The van der Waals surface area contributed by atoms with Crippen LogP contribution in [0.3, 0.4) is 0 Å². The van der Waals surface area contributed by atoms with E-state index < -0.39 is 0 Å². The van der Waals surface area contributed by atoms with Gasteiger partial charge in [-0.1, -0.05) is 17.7 Å². The number of hydrogen-bond donors (Lipinski definition) is 1. The van der Waals surface area contributed by atoms with Crippen molar-refractivity contribution in [1.29, 1.82) is 0 Å². The number of halogens is 2. The lowest BCUT2D eigenvalue weighted by Gasteiger charge is -2.08. The van der Waals surface area contributed by atoms with E-state index in [1.54, 1.807) is 18.2 Å². The van der Waals surface area contributed by atoms with Gasteiger partial charge in [0.2, 0.25) is 0 Å². The number of aromatic nitrogens is 2. The van der Waals surface area contributed by atoms with E-state index in [1.165, 1.54) is 6.07 Å². The van der Waals surface area contributed by atoms with Gasteiger partial charge in [-0.05, 0) is 37.3 Å². The molecule has 1 heterocycles. The van der Waals surface area contributed by atoms with Gasteiger partial charge in [-0.25, -0.2) is 9.37 Å². The van der Waals surface area contributed by atoms with Crippen molar-refractivity contribution >= 4 is 28.3 Å². The fraction of sp³-hybridized carbons (Fsp3) is 0.133. The predicted octanol–water partition coefficient (Wildman–Crippen LogP) is 4.10. The Labute approximate surface area is 120 Å². The zero-order valence-electron chi connectivity index (χ0n) is 10.9. The van der Waals surface area contributed by atoms with E-state index in [9.17, 15) is 4.39 Å². The maximum Gasteiger partial charge on any atom is 0.151 e. The molecular formula is C15H13ClFN3. The van der Waals surface area contributed by atoms with Crippen LogP contribution < -0.4 is 5.73 Å². The van der Waals surface area contributed by atoms with Crippen LogP contribution in [0.25, 0.3) is 22.4 Å². The van der Waals surface area contributed by atoms with Gasteiger partial charge in [-0.2, -0.15) is 0 Å². The highest BCUT2D eigenvalue weighted by molar-refractivity contribution is 6.33. The number of aryl methyl sites for hydroxylation is 1. The van der Waals surface area contributed by atoms with Gasteiger partial charge in [0.15, 0.2) is 5.82 Å². The first-order valence-corrected chi connectivity index (χ1v) is 6.69. The number of imidazole rings is 1. The van der Waals surface area contributed by atoms with Crippen molar-refractivity contribution in [3.05, 3.63) is 47.2 Å².